The molecule has 6 nitrogen and oxygen atoms in total. The van der Waals surface area contributed by atoms with Gasteiger partial charge in [-0.15, -0.1) is 11.3 Å². The van der Waals surface area contributed by atoms with E-state index in [4.69, 9.17) is 4.74 Å². The van der Waals surface area contributed by atoms with Crippen molar-refractivity contribution in [2.24, 2.45) is 11.8 Å². The zero-order valence-electron chi connectivity index (χ0n) is 14.2. The molecule has 1 N–H and O–H groups in total. The van der Waals surface area contributed by atoms with Gasteiger partial charge in [0.25, 0.3) is 5.91 Å². The summed E-state index contributed by atoms with van der Waals surface area (Å²) in [5, 5.41) is 10.5. The Morgan fingerprint density at radius 3 is 3.04 bits per heavy atom. The van der Waals surface area contributed by atoms with Crippen LogP contribution < -0.4 is 5.32 Å². The Morgan fingerprint density at radius 1 is 1.36 bits per heavy atom. The van der Waals surface area contributed by atoms with E-state index in [1.54, 1.807) is 6.07 Å². The summed E-state index contributed by atoms with van der Waals surface area (Å²) in [5.74, 6) is 0.776. The standard InChI is InChI=1S/C18H22N4O2S/c1-12-2-3-15(25-12)8-22-9-16-14(11-24-17(16)10-22)6-19-18(23)13-4-5-20-21-7-13/h2-5,7,14,16-17H,6,8-11H2,1H3,(H,19,23)/t14-,16-,17-/m1/s1. The minimum atomic E-state index is -0.0951. The lowest BCUT2D eigenvalue weighted by atomic mass is 9.93. The SMILES string of the molecule is Cc1ccc(CN2C[C@@H]3[C@H](CNC(=O)c4ccnnc4)CO[C@@H]3C2)s1. The van der Waals surface area contributed by atoms with Crippen molar-refractivity contribution < 1.29 is 9.53 Å². The third kappa shape index (κ3) is 3.73. The number of fused-ring (bicyclic) bond motifs is 1. The highest BCUT2D eigenvalue weighted by molar-refractivity contribution is 7.11. The summed E-state index contributed by atoms with van der Waals surface area (Å²) in [4.78, 5) is 17.4. The second-order valence-electron chi connectivity index (χ2n) is 6.84. The van der Waals surface area contributed by atoms with Gasteiger partial charge in [0, 0.05) is 47.8 Å². The number of hydrogen-bond acceptors (Lipinski definition) is 6. The van der Waals surface area contributed by atoms with E-state index < -0.39 is 0 Å². The fourth-order valence-electron chi connectivity index (χ4n) is 3.76. The lowest BCUT2D eigenvalue weighted by Gasteiger charge is -2.19. The second-order valence-corrected chi connectivity index (χ2v) is 8.22. The number of aryl methyl sites for hydroxylation is 1. The average molecular weight is 358 g/mol. The van der Waals surface area contributed by atoms with Gasteiger partial charge in [-0.2, -0.15) is 10.2 Å². The highest BCUT2D eigenvalue weighted by atomic mass is 32.1. The fourth-order valence-corrected chi connectivity index (χ4v) is 4.69. The monoisotopic (exact) mass is 358 g/mol. The quantitative estimate of drug-likeness (QED) is 0.882. The molecule has 25 heavy (non-hydrogen) atoms. The molecule has 1 amide bonds. The molecule has 132 valence electrons. The maximum atomic E-state index is 12.2. The molecule has 0 radical (unpaired) electrons. The number of carbonyl (C=O) groups is 1. The number of nitrogens with zero attached hydrogens (tertiary/aromatic N) is 3. The summed E-state index contributed by atoms with van der Waals surface area (Å²) >= 11 is 1.86. The maximum absolute atomic E-state index is 12.2. The molecule has 2 aromatic rings. The molecule has 2 aliphatic rings. The summed E-state index contributed by atoms with van der Waals surface area (Å²) in [7, 11) is 0. The number of rotatable bonds is 5. The van der Waals surface area contributed by atoms with Crippen molar-refractivity contribution in [3.63, 3.8) is 0 Å². The summed E-state index contributed by atoms with van der Waals surface area (Å²) in [6.45, 7) is 6.55. The van der Waals surface area contributed by atoms with Crippen molar-refractivity contribution in [1.82, 2.24) is 20.4 Å². The summed E-state index contributed by atoms with van der Waals surface area (Å²) in [5.41, 5.74) is 0.548. The molecule has 4 heterocycles. The van der Waals surface area contributed by atoms with E-state index in [0.717, 1.165) is 26.2 Å². The number of hydrogen-bond donors (Lipinski definition) is 1. The molecule has 2 aromatic heterocycles. The fraction of sp³-hybridized carbons (Fsp3) is 0.500. The molecule has 7 heteroatoms. The molecular formula is C18H22N4O2S. The van der Waals surface area contributed by atoms with Crippen LogP contribution in [0.1, 0.15) is 20.1 Å². The van der Waals surface area contributed by atoms with Crippen LogP contribution in [0.15, 0.2) is 30.6 Å². The number of amides is 1. The Bertz CT molecular complexity index is 736. The second kappa shape index (κ2) is 7.19. The average Bonchev–Trinajstić information content (AvgIpc) is 3.30. The lowest BCUT2D eigenvalue weighted by molar-refractivity contribution is 0.0904. The maximum Gasteiger partial charge on any atom is 0.252 e. The number of ether oxygens (including phenoxy) is 1. The van der Waals surface area contributed by atoms with Crippen LogP contribution in [0.2, 0.25) is 0 Å². The first kappa shape index (κ1) is 16.6. The van der Waals surface area contributed by atoms with Crippen molar-refractivity contribution in [3.05, 3.63) is 45.9 Å². The zero-order valence-corrected chi connectivity index (χ0v) is 15.0. The van der Waals surface area contributed by atoms with Crippen LogP contribution in [0.3, 0.4) is 0 Å². The van der Waals surface area contributed by atoms with Crippen LogP contribution in [0.4, 0.5) is 0 Å². The van der Waals surface area contributed by atoms with Gasteiger partial charge in [0.15, 0.2) is 0 Å². The van der Waals surface area contributed by atoms with Crippen molar-refractivity contribution in [3.8, 4) is 0 Å². The third-order valence-electron chi connectivity index (χ3n) is 5.06. The first-order valence-electron chi connectivity index (χ1n) is 8.63. The topological polar surface area (TPSA) is 67.4 Å². The third-order valence-corrected chi connectivity index (χ3v) is 6.05. The highest BCUT2D eigenvalue weighted by Crippen LogP contribution is 2.34. The molecule has 0 unspecified atom stereocenters. The lowest BCUT2D eigenvalue weighted by Crippen LogP contribution is -2.34. The van der Waals surface area contributed by atoms with Crippen molar-refractivity contribution >= 4 is 17.2 Å². The Kier molecular flexibility index (Phi) is 4.78. The zero-order chi connectivity index (χ0) is 17.2. The molecule has 0 saturated carbocycles. The minimum Gasteiger partial charge on any atom is -0.376 e. The van der Waals surface area contributed by atoms with Gasteiger partial charge in [-0.1, -0.05) is 0 Å². The number of likely N-dealkylation sites (tertiary alicyclic amines) is 1. The van der Waals surface area contributed by atoms with Crippen molar-refractivity contribution in [1.29, 1.82) is 0 Å². The Morgan fingerprint density at radius 2 is 2.28 bits per heavy atom. The van der Waals surface area contributed by atoms with Crippen LogP contribution >= 0.6 is 11.3 Å². The van der Waals surface area contributed by atoms with Gasteiger partial charge in [-0.05, 0) is 25.1 Å². The predicted molar refractivity (Wildman–Crippen MR) is 95.4 cm³/mol. The van der Waals surface area contributed by atoms with E-state index >= 15 is 0 Å². The molecule has 2 saturated heterocycles. The van der Waals surface area contributed by atoms with Crippen LogP contribution in [0.5, 0.6) is 0 Å². The van der Waals surface area contributed by atoms with Gasteiger partial charge in [0.1, 0.15) is 0 Å². The van der Waals surface area contributed by atoms with Crippen LogP contribution in [0, 0.1) is 18.8 Å². The molecule has 4 rings (SSSR count). The van der Waals surface area contributed by atoms with Gasteiger partial charge >= 0.3 is 0 Å². The molecule has 3 atom stereocenters. The van der Waals surface area contributed by atoms with Gasteiger partial charge in [0.05, 0.1) is 30.7 Å². The first-order valence-corrected chi connectivity index (χ1v) is 9.45. The van der Waals surface area contributed by atoms with Gasteiger partial charge in [-0.25, -0.2) is 0 Å². The summed E-state index contributed by atoms with van der Waals surface area (Å²) in [6, 6.07) is 6.08. The molecule has 0 aliphatic carbocycles. The van der Waals surface area contributed by atoms with Crippen molar-refractivity contribution in [2.45, 2.75) is 19.6 Å². The van der Waals surface area contributed by atoms with E-state index in [1.807, 2.05) is 11.3 Å². The van der Waals surface area contributed by atoms with E-state index in [9.17, 15) is 4.79 Å². The highest BCUT2D eigenvalue weighted by Gasteiger charge is 2.43. The van der Waals surface area contributed by atoms with E-state index in [-0.39, 0.29) is 5.91 Å². The van der Waals surface area contributed by atoms with E-state index in [2.05, 4.69) is 39.5 Å². The summed E-state index contributed by atoms with van der Waals surface area (Å²) < 4.78 is 5.99. The normalized spacial score (nSPS) is 25.9. The smallest absolute Gasteiger partial charge is 0.252 e. The number of carbonyl (C=O) groups excluding carboxylic acids is 1. The van der Waals surface area contributed by atoms with Crippen LogP contribution in [-0.2, 0) is 11.3 Å². The largest absolute Gasteiger partial charge is 0.376 e. The molecule has 0 aromatic carbocycles. The molecular weight excluding hydrogens is 336 g/mol. The molecule has 0 spiro atoms. The van der Waals surface area contributed by atoms with E-state index in [0.29, 0.717) is 30.0 Å². The molecule has 2 fully saturated rings. The predicted octanol–water partition coefficient (Wildman–Crippen LogP) is 1.72. The molecule has 2 aliphatic heterocycles. The molecule has 0 bridgehead atoms. The number of thiophene rings is 1. The van der Waals surface area contributed by atoms with Gasteiger partial charge < -0.3 is 10.1 Å². The first-order chi connectivity index (χ1) is 12.2. The van der Waals surface area contributed by atoms with Gasteiger partial charge in [-0.3, -0.25) is 9.69 Å². The van der Waals surface area contributed by atoms with E-state index in [1.165, 1.54) is 22.1 Å². The Hall–Kier alpha value is -1.83. The van der Waals surface area contributed by atoms with Gasteiger partial charge in [0.2, 0.25) is 0 Å². The Balaban J connectivity index is 1.30. The van der Waals surface area contributed by atoms with Crippen LogP contribution in [-0.4, -0.2) is 53.3 Å². The summed E-state index contributed by atoms with van der Waals surface area (Å²) in [6.07, 6.45) is 3.32. The minimum absolute atomic E-state index is 0.0951. The number of aromatic nitrogens is 2. The Labute approximate surface area is 151 Å². The number of nitrogens with one attached hydrogen (secondary N) is 1. The van der Waals surface area contributed by atoms with Crippen LogP contribution in [0.25, 0.3) is 0 Å². The van der Waals surface area contributed by atoms with Crippen molar-refractivity contribution in [2.75, 3.05) is 26.2 Å².